The van der Waals surface area contributed by atoms with Crippen LogP contribution in [0.25, 0.3) is 0 Å². The van der Waals surface area contributed by atoms with Gasteiger partial charge < -0.3 is 10.6 Å². The third kappa shape index (κ3) is 4.05. The molecule has 2 rings (SSSR count). The van der Waals surface area contributed by atoms with Crippen LogP contribution in [0.1, 0.15) is 25.8 Å². The van der Waals surface area contributed by atoms with Gasteiger partial charge in [0.2, 0.25) is 5.91 Å². The van der Waals surface area contributed by atoms with Crippen molar-refractivity contribution in [3.05, 3.63) is 29.8 Å². The van der Waals surface area contributed by atoms with Crippen molar-refractivity contribution >= 4 is 21.4 Å². The molecular formula is C14H20N2O3S. The van der Waals surface area contributed by atoms with Gasteiger partial charge in [-0.15, -0.1) is 0 Å². The van der Waals surface area contributed by atoms with E-state index < -0.39 is 9.84 Å². The van der Waals surface area contributed by atoms with Crippen molar-refractivity contribution in [2.45, 2.75) is 32.4 Å². The summed E-state index contributed by atoms with van der Waals surface area (Å²) in [5.74, 6) is 0.363. The zero-order valence-electron chi connectivity index (χ0n) is 11.8. The molecule has 1 saturated heterocycles. The lowest BCUT2D eigenvalue weighted by molar-refractivity contribution is -0.114. The molecule has 0 radical (unpaired) electrons. The second kappa shape index (κ2) is 5.54. The van der Waals surface area contributed by atoms with Gasteiger partial charge in [0.15, 0.2) is 9.84 Å². The fourth-order valence-corrected chi connectivity index (χ4v) is 4.50. The Morgan fingerprint density at radius 1 is 1.30 bits per heavy atom. The monoisotopic (exact) mass is 296 g/mol. The van der Waals surface area contributed by atoms with E-state index in [4.69, 9.17) is 0 Å². The highest BCUT2D eigenvalue weighted by atomic mass is 32.2. The molecule has 6 heteroatoms. The zero-order valence-corrected chi connectivity index (χ0v) is 12.6. The van der Waals surface area contributed by atoms with E-state index in [1.807, 2.05) is 31.2 Å². The Balaban J connectivity index is 1.93. The maximum Gasteiger partial charge on any atom is 0.221 e. The van der Waals surface area contributed by atoms with Gasteiger partial charge in [0.25, 0.3) is 0 Å². The van der Waals surface area contributed by atoms with E-state index in [-0.39, 0.29) is 23.0 Å². The van der Waals surface area contributed by atoms with Crippen molar-refractivity contribution in [1.82, 2.24) is 5.32 Å². The zero-order chi connectivity index (χ0) is 14.8. The predicted octanol–water partition coefficient (Wildman–Crippen LogP) is 1.31. The van der Waals surface area contributed by atoms with Gasteiger partial charge in [-0.2, -0.15) is 0 Å². The number of sulfone groups is 1. The van der Waals surface area contributed by atoms with Crippen LogP contribution >= 0.6 is 0 Å². The van der Waals surface area contributed by atoms with Crippen LogP contribution in [-0.4, -0.2) is 31.4 Å². The highest BCUT2D eigenvalue weighted by Crippen LogP contribution is 2.23. The third-order valence-corrected chi connectivity index (χ3v) is 5.40. The van der Waals surface area contributed by atoms with Gasteiger partial charge in [-0.05, 0) is 31.0 Å². The number of carbonyl (C=O) groups is 1. The quantitative estimate of drug-likeness (QED) is 0.878. The summed E-state index contributed by atoms with van der Waals surface area (Å²) in [4.78, 5) is 10.9. The normalized spacial score (nSPS) is 24.5. The highest BCUT2D eigenvalue weighted by Gasteiger charge is 2.37. The molecule has 0 aliphatic carbocycles. The minimum Gasteiger partial charge on any atom is -0.326 e. The summed E-state index contributed by atoms with van der Waals surface area (Å²) in [7, 11) is -2.89. The van der Waals surface area contributed by atoms with Crippen LogP contribution < -0.4 is 10.6 Å². The maximum atomic E-state index is 11.5. The van der Waals surface area contributed by atoms with Gasteiger partial charge >= 0.3 is 0 Å². The third-order valence-electron chi connectivity index (χ3n) is 3.50. The van der Waals surface area contributed by atoms with Crippen LogP contribution in [0.15, 0.2) is 24.3 Å². The van der Waals surface area contributed by atoms with E-state index in [2.05, 4.69) is 10.6 Å². The fraction of sp³-hybridized carbons (Fsp3) is 0.500. The lowest BCUT2D eigenvalue weighted by Crippen LogP contribution is -2.42. The first-order chi connectivity index (χ1) is 9.28. The van der Waals surface area contributed by atoms with Crippen molar-refractivity contribution in [2.24, 2.45) is 0 Å². The second-order valence-corrected chi connectivity index (χ2v) is 7.82. The summed E-state index contributed by atoms with van der Waals surface area (Å²) in [6.45, 7) is 4.03. The summed E-state index contributed by atoms with van der Waals surface area (Å²) in [6.07, 6.45) is 0.652. The van der Waals surface area contributed by atoms with Crippen molar-refractivity contribution in [2.75, 3.05) is 16.8 Å². The molecule has 1 aromatic rings. The van der Waals surface area contributed by atoms with Gasteiger partial charge in [-0.1, -0.05) is 12.1 Å². The molecule has 1 fully saturated rings. The van der Waals surface area contributed by atoms with E-state index in [1.54, 1.807) is 0 Å². The smallest absolute Gasteiger partial charge is 0.221 e. The molecule has 1 unspecified atom stereocenters. The Bertz CT molecular complexity index is 595. The number of anilines is 1. The fourth-order valence-electron chi connectivity index (χ4n) is 2.37. The minimum absolute atomic E-state index is 0.0976. The largest absolute Gasteiger partial charge is 0.326 e. The van der Waals surface area contributed by atoms with Crippen LogP contribution in [0.3, 0.4) is 0 Å². The molecule has 1 atom stereocenters. The van der Waals surface area contributed by atoms with Gasteiger partial charge in [-0.3, -0.25) is 4.79 Å². The summed E-state index contributed by atoms with van der Waals surface area (Å²) in [6, 6.07) is 7.52. The van der Waals surface area contributed by atoms with E-state index in [1.165, 1.54) is 6.92 Å². The Labute approximate surface area is 119 Å². The summed E-state index contributed by atoms with van der Waals surface area (Å²) >= 11 is 0. The van der Waals surface area contributed by atoms with Crippen LogP contribution in [0.4, 0.5) is 5.69 Å². The van der Waals surface area contributed by atoms with Crippen LogP contribution in [0.5, 0.6) is 0 Å². The molecule has 110 valence electrons. The first-order valence-corrected chi connectivity index (χ1v) is 8.42. The summed E-state index contributed by atoms with van der Waals surface area (Å²) in [5, 5.41) is 6.03. The van der Waals surface area contributed by atoms with Gasteiger partial charge in [-0.25, -0.2) is 8.42 Å². The van der Waals surface area contributed by atoms with Crippen molar-refractivity contribution in [1.29, 1.82) is 0 Å². The van der Waals surface area contributed by atoms with Gasteiger partial charge in [0, 0.05) is 24.7 Å². The van der Waals surface area contributed by atoms with Crippen LogP contribution in [-0.2, 0) is 21.2 Å². The Morgan fingerprint density at radius 2 is 1.95 bits per heavy atom. The lowest BCUT2D eigenvalue weighted by atomic mass is 10.0. The van der Waals surface area contributed by atoms with Crippen LogP contribution in [0.2, 0.25) is 0 Å². The van der Waals surface area contributed by atoms with Gasteiger partial charge in [0.1, 0.15) is 0 Å². The van der Waals surface area contributed by atoms with E-state index in [9.17, 15) is 13.2 Å². The van der Waals surface area contributed by atoms with Gasteiger partial charge in [0.05, 0.1) is 11.5 Å². The number of rotatable bonds is 4. The number of benzene rings is 1. The lowest BCUT2D eigenvalue weighted by Gasteiger charge is -2.24. The average molecular weight is 296 g/mol. The van der Waals surface area contributed by atoms with Crippen molar-refractivity contribution < 1.29 is 13.2 Å². The summed E-state index contributed by atoms with van der Waals surface area (Å²) < 4.78 is 23.0. The topological polar surface area (TPSA) is 75.3 Å². The molecule has 0 bridgehead atoms. The summed E-state index contributed by atoms with van der Waals surface area (Å²) in [5.41, 5.74) is 1.48. The predicted molar refractivity (Wildman–Crippen MR) is 79.3 cm³/mol. The number of nitrogens with one attached hydrogen (secondary N) is 2. The Morgan fingerprint density at radius 3 is 2.45 bits per heavy atom. The molecule has 2 N–H and O–H groups in total. The highest BCUT2D eigenvalue weighted by molar-refractivity contribution is 7.91. The van der Waals surface area contributed by atoms with Crippen molar-refractivity contribution in [3.63, 3.8) is 0 Å². The Kier molecular flexibility index (Phi) is 4.15. The molecule has 0 saturated carbocycles. The molecule has 5 nitrogen and oxygen atoms in total. The van der Waals surface area contributed by atoms with E-state index in [0.717, 1.165) is 11.3 Å². The number of hydrogen-bond donors (Lipinski definition) is 2. The molecule has 0 aromatic heterocycles. The van der Waals surface area contributed by atoms with E-state index in [0.29, 0.717) is 13.0 Å². The SMILES string of the molecule is CC(=O)Nc1ccc(CNC2(C)CCS(=O)(=O)C2)cc1. The average Bonchev–Trinajstić information content (AvgIpc) is 2.63. The van der Waals surface area contributed by atoms with Crippen LogP contribution in [0, 0.1) is 0 Å². The first-order valence-electron chi connectivity index (χ1n) is 6.60. The van der Waals surface area contributed by atoms with E-state index >= 15 is 0 Å². The Hall–Kier alpha value is -1.40. The minimum atomic E-state index is -2.89. The standard InChI is InChI=1S/C14H20N2O3S/c1-11(17)16-13-5-3-12(4-6-13)9-15-14(2)7-8-20(18,19)10-14/h3-6,15H,7-10H2,1-2H3,(H,16,17). The van der Waals surface area contributed by atoms with Crippen molar-refractivity contribution in [3.8, 4) is 0 Å². The molecule has 20 heavy (non-hydrogen) atoms. The molecule has 1 heterocycles. The molecule has 1 amide bonds. The molecule has 1 aromatic carbocycles. The molecule has 1 aliphatic rings. The molecule has 0 spiro atoms. The second-order valence-electron chi connectivity index (χ2n) is 5.63. The maximum absolute atomic E-state index is 11.5. The number of amides is 1. The first kappa shape index (κ1) is 15.0. The number of hydrogen-bond acceptors (Lipinski definition) is 4. The molecule has 1 aliphatic heterocycles. The molecular weight excluding hydrogens is 276 g/mol. The number of carbonyl (C=O) groups excluding carboxylic acids is 1.